The van der Waals surface area contributed by atoms with E-state index in [1.807, 2.05) is 0 Å². The summed E-state index contributed by atoms with van der Waals surface area (Å²) in [5, 5.41) is 2.77. The minimum absolute atomic E-state index is 0.211. The first kappa shape index (κ1) is 17.6. The number of hydrogen-bond acceptors (Lipinski definition) is 4. The number of hydrogen-bond donors (Lipinski definition) is 1. The van der Waals surface area contributed by atoms with Gasteiger partial charge < -0.3 is 9.88 Å². The smallest absolute Gasteiger partial charge is 0.247 e. The molecule has 1 aromatic heterocycles. The highest BCUT2D eigenvalue weighted by Crippen LogP contribution is 2.23. The molecule has 1 atom stereocenters. The van der Waals surface area contributed by atoms with Crippen molar-refractivity contribution in [3.8, 4) is 0 Å². The van der Waals surface area contributed by atoms with Crippen molar-refractivity contribution in [1.29, 1.82) is 0 Å². The van der Waals surface area contributed by atoms with E-state index in [-0.39, 0.29) is 10.8 Å². The summed E-state index contributed by atoms with van der Waals surface area (Å²) < 4.78 is 28.7. The third kappa shape index (κ3) is 3.91. The van der Waals surface area contributed by atoms with Crippen LogP contribution in [-0.4, -0.2) is 41.3 Å². The molecule has 1 aliphatic rings. The summed E-state index contributed by atoms with van der Waals surface area (Å²) in [7, 11) is -3.52. The molecule has 0 radical (unpaired) electrons. The molecule has 8 heteroatoms. The van der Waals surface area contributed by atoms with E-state index in [2.05, 4.69) is 10.3 Å². The Morgan fingerprint density at radius 1 is 1.24 bits per heavy atom. The number of carbonyl (C=O) groups is 1. The van der Waals surface area contributed by atoms with E-state index in [9.17, 15) is 13.2 Å². The molecule has 25 heavy (non-hydrogen) atoms. The maximum atomic E-state index is 12.7. The van der Waals surface area contributed by atoms with Crippen LogP contribution in [-0.2, 0) is 14.8 Å². The van der Waals surface area contributed by atoms with E-state index >= 15 is 0 Å². The lowest BCUT2D eigenvalue weighted by molar-refractivity contribution is -0.118. The Morgan fingerprint density at radius 2 is 2.00 bits per heavy atom. The summed E-state index contributed by atoms with van der Waals surface area (Å²) in [5.41, 5.74) is 0.468. The number of piperidine rings is 1. The maximum absolute atomic E-state index is 12.7. The van der Waals surface area contributed by atoms with Crippen LogP contribution in [0.1, 0.15) is 32.2 Å². The average Bonchev–Trinajstić information content (AvgIpc) is 3.16. The zero-order valence-corrected chi connectivity index (χ0v) is 14.9. The van der Waals surface area contributed by atoms with Crippen molar-refractivity contribution in [3.05, 3.63) is 43.0 Å². The fourth-order valence-corrected chi connectivity index (χ4v) is 4.43. The molecule has 1 aromatic carbocycles. The number of aromatic nitrogens is 2. The summed E-state index contributed by atoms with van der Waals surface area (Å²) in [6.07, 6.45) is 7.73. The number of anilines is 1. The Morgan fingerprint density at radius 3 is 2.68 bits per heavy atom. The fraction of sp³-hybridized carbons (Fsp3) is 0.412. The Bertz CT molecular complexity index is 827. The second-order valence-corrected chi connectivity index (χ2v) is 8.11. The van der Waals surface area contributed by atoms with Gasteiger partial charge in [0.2, 0.25) is 15.9 Å². The zero-order valence-electron chi connectivity index (χ0n) is 14.1. The van der Waals surface area contributed by atoms with Gasteiger partial charge in [-0.3, -0.25) is 4.79 Å². The summed E-state index contributed by atoms with van der Waals surface area (Å²) in [6.45, 7) is 2.86. The quantitative estimate of drug-likeness (QED) is 0.884. The number of imidazole rings is 1. The minimum Gasteiger partial charge on any atom is -0.325 e. The lowest BCUT2D eigenvalue weighted by Gasteiger charge is -2.26. The van der Waals surface area contributed by atoms with Crippen molar-refractivity contribution in [2.24, 2.45) is 0 Å². The van der Waals surface area contributed by atoms with Gasteiger partial charge in [0.1, 0.15) is 6.04 Å². The van der Waals surface area contributed by atoms with Crippen LogP contribution in [0.4, 0.5) is 5.69 Å². The molecular formula is C17H22N4O3S. The molecule has 2 heterocycles. The molecule has 1 saturated heterocycles. The number of amides is 1. The molecule has 1 unspecified atom stereocenters. The monoisotopic (exact) mass is 362 g/mol. The first-order valence-electron chi connectivity index (χ1n) is 8.37. The van der Waals surface area contributed by atoms with Gasteiger partial charge in [-0.15, -0.1) is 0 Å². The van der Waals surface area contributed by atoms with Gasteiger partial charge in [0.05, 0.1) is 11.2 Å². The Hall–Kier alpha value is -2.19. The molecule has 7 nitrogen and oxygen atoms in total. The Balaban J connectivity index is 1.76. The van der Waals surface area contributed by atoms with Gasteiger partial charge in [0.25, 0.3) is 0 Å². The highest BCUT2D eigenvalue weighted by molar-refractivity contribution is 7.89. The Labute approximate surface area is 147 Å². The van der Waals surface area contributed by atoms with Crippen molar-refractivity contribution in [3.63, 3.8) is 0 Å². The van der Waals surface area contributed by atoms with E-state index in [1.54, 1.807) is 48.4 Å². The second-order valence-electron chi connectivity index (χ2n) is 6.17. The molecule has 2 aromatic rings. The molecule has 1 N–H and O–H groups in total. The van der Waals surface area contributed by atoms with Crippen molar-refractivity contribution in [2.45, 2.75) is 37.1 Å². The number of carbonyl (C=O) groups excluding carboxylic acids is 1. The average molecular weight is 362 g/mol. The van der Waals surface area contributed by atoms with Crippen LogP contribution >= 0.6 is 0 Å². The third-order valence-corrected chi connectivity index (χ3v) is 6.30. The van der Waals surface area contributed by atoms with Crippen LogP contribution in [0, 0.1) is 0 Å². The topological polar surface area (TPSA) is 84.3 Å². The molecule has 0 bridgehead atoms. The van der Waals surface area contributed by atoms with E-state index in [0.717, 1.165) is 19.3 Å². The molecule has 0 saturated carbocycles. The zero-order chi connectivity index (χ0) is 17.9. The molecule has 0 aliphatic carbocycles. The molecule has 0 spiro atoms. The first-order valence-corrected chi connectivity index (χ1v) is 9.81. The van der Waals surface area contributed by atoms with Gasteiger partial charge in [-0.2, -0.15) is 4.31 Å². The molecule has 1 fully saturated rings. The lowest BCUT2D eigenvalue weighted by Crippen LogP contribution is -2.35. The van der Waals surface area contributed by atoms with Gasteiger partial charge in [0.15, 0.2) is 0 Å². The predicted molar refractivity (Wildman–Crippen MR) is 94.6 cm³/mol. The minimum atomic E-state index is -3.52. The van der Waals surface area contributed by atoms with E-state index < -0.39 is 16.1 Å². The number of nitrogens with zero attached hydrogens (tertiary/aromatic N) is 3. The number of rotatable bonds is 5. The van der Waals surface area contributed by atoms with Crippen LogP contribution in [0.3, 0.4) is 0 Å². The molecule has 1 aliphatic heterocycles. The normalized spacial score (nSPS) is 17.2. The summed E-state index contributed by atoms with van der Waals surface area (Å²) in [5.74, 6) is -0.231. The van der Waals surface area contributed by atoms with Gasteiger partial charge in [-0.1, -0.05) is 12.5 Å². The molecule has 134 valence electrons. The second kappa shape index (κ2) is 7.37. The van der Waals surface area contributed by atoms with Crippen LogP contribution in [0.2, 0.25) is 0 Å². The highest BCUT2D eigenvalue weighted by atomic mass is 32.2. The van der Waals surface area contributed by atoms with Crippen molar-refractivity contribution in [2.75, 3.05) is 18.4 Å². The SMILES string of the molecule is CC(C(=O)Nc1cccc(S(=O)(=O)N2CCCCC2)c1)n1ccnc1. The lowest BCUT2D eigenvalue weighted by atomic mass is 10.2. The summed E-state index contributed by atoms with van der Waals surface area (Å²) >= 11 is 0. The number of nitrogens with one attached hydrogen (secondary N) is 1. The van der Waals surface area contributed by atoms with Crippen LogP contribution in [0.15, 0.2) is 47.9 Å². The van der Waals surface area contributed by atoms with E-state index in [4.69, 9.17) is 0 Å². The van der Waals surface area contributed by atoms with Crippen molar-refractivity contribution < 1.29 is 13.2 Å². The standard InChI is InChI=1S/C17H22N4O3S/c1-14(20-11-8-18-13-20)17(22)19-15-6-5-7-16(12-15)25(23,24)21-9-3-2-4-10-21/h5-8,11-14H,2-4,9-10H2,1H3,(H,19,22). The summed E-state index contributed by atoms with van der Waals surface area (Å²) in [4.78, 5) is 16.5. The van der Waals surface area contributed by atoms with Crippen molar-refractivity contribution >= 4 is 21.6 Å². The highest BCUT2D eigenvalue weighted by Gasteiger charge is 2.26. The Kier molecular flexibility index (Phi) is 5.19. The molecule has 1 amide bonds. The van der Waals surface area contributed by atoms with E-state index in [1.165, 1.54) is 10.4 Å². The molecule has 3 rings (SSSR count). The fourth-order valence-electron chi connectivity index (χ4n) is 2.87. The van der Waals surface area contributed by atoms with Crippen LogP contribution in [0.5, 0.6) is 0 Å². The predicted octanol–water partition coefficient (Wildman–Crippen LogP) is 2.26. The van der Waals surface area contributed by atoms with Crippen LogP contribution < -0.4 is 5.32 Å². The van der Waals surface area contributed by atoms with Crippen LogP contribution in [0.25, 0.3) is 0 Å². The number of sulfonamides is 1. The summed E-state index contributed by atoms with van der Waals surface area (Å²) in [6, 6.07) is 5.98. The van der Waals surface area contributed by atoms with E-state index in [0.29, 0.717) is 18.8 Å². The van der Waals surface area contributed by atoms with Gasteiger partial charge in [0, 0.05) is 31.2 Å². The third-order valence-electron chi connectivity index (χ3n) is 4.41. The number of benzene rings is 1. The maximum Gasteiger partial charge on any atom is 0.247 e. The van der Waals surface area contributed by atoms with Gasteiger partial charge >= 0.3 is 0 Å². The van der Waals surface area contributed by atoms with Gasteiger partial charge in [-0.05, 0) is 38.0 Å². The van der Waals surface area contributed by atoms with Gasteiger partial charge in [-0.25, -0.2) is 13.4 Å². The first-order chi connectivity index (χ1) is 12.0. The largest absolute Gasteiger partial charge is 0.325 e. The van der Waals surface area contributed by atoms with Crippen molar-refractivity contribution in [1.82, 2.24) is 13.9 Å². The molecular weight excluding hydrogens is 340 g/mol.